The Balaban J connectivity index is 1.08. The van der Waals surface area contributed by atoms with Gasteiger partial charge < -0.3 is 9.47 Å². The van der Waals surface area contributed by atoms with E-state index >= 15 is 0 Å². The van der Waals surface area contributed by atoms with Crippen molar-refractivity contribution in [3.63, 3.8) is 0 Å². The van der Waals surface area contributed by atoms with E-state index in [1.54, 1.807) is 0 Å². The molecule has 8 aromatic carbocycles. The minimum Gasteiger partial charge on any atom is -0.311 e. The van der Waals surface area contributed by atoms with Crippen molar-refractivity contribution in [3.05, 3.63) is 205 Å². The molecule has 2 heteroatoms. The zero-order valence-corrected chi connectivity index (χ0v) is 29.9. The van der Waals surface area contributed by atoms with Crippen molar-refractivity contribution in [2.45, 2.75) is 19.3 Å². The second-order valence-corrected chi connectivity index (χ2v) is 14.6. The molecule has 0 aliphatic heterocycles. The molecule has 2 nitrogen and oxygen atoms in total. The summed E-state index contributed by atoms with van der Waals surface area (Å²) in [4.78, 5) is 2.33. The first-order chi connectivity index (χ1) is 26.0. The predicted octanol–water partition coefficient (Wildman–Crippen LogP) is 13.9. The summed E-state index contributed by atoms with van der Waals surface area (Å²) < 4.78 is 2.44. The third kappa shape index (κ3) is 5.10. The number of para-hydroxylation sites is 2. The van der Waals surface area contributed by atoms with Gasteiger partial charge in [-0.3, -0.25) is 0 Å². The van der Waals surface area contributed by atoms with Crippen molar-refractivity contribution < 1.29 is 0 Å². The van der Waals surface area contributed by atoms with Crippen molar-refractivity contribution in [1.29, 1.82) is 0 Å². The van der Waals surface area contributed by atoms with E-state index in [1.807, 2.05) is 0 Å². The third-order valence-electron chi connectivity index (χ3n) is 11.2. The molecule has 252 valence electrons. The molecular formula is C51H38N2. The van der Waals surface area contributed by atoms with Gasteiger partial charge in [0.25, 0.3) is 0 Å². The van der Waals surface area contributed by atoms with Crippen LogP contribution < -0.4 is 4.90 Å². The molecule has 0 atom stereocenters. The van der Waals surface area contributed by atoms with Crippen molar-refractivity contribution in [2.24, 2.45) is 0 Å². The van der Waals surface area contributed by atoms with Gasteiger partial charge in [-0.05, 0) is 117 Å². The van der Waals surface area contributed by atoms with Gasteiger partial charge in [-0.1, -0.05) is 135 Å². The number of rotatable bonds is 6. The molecule has 10 rings (SSSR count). The third-order valence-corrected chi connectivity index (χ3v) is 11.2. The molecule has 0 saturated carbocycles. The predicted molar refractivity (Wildman–Crippen MR) is 224 cm³/mol. The van der Waals surface area contributed by atoms with Crippen LogP contribution in [0.4, 0.5) is 17.1 Å². The molecular weight excluding hydrogens is 641 g/mol. The summed E-state index contributed by atoms with van der Waals surface area (Å²) >= 11 is 0. The standard InChI is InChI=1S/C51H38N2/c1-51(2)47-21-13-12-20-43(47)44-33-46-45-32-38(26-31-49(45)53(50(46)34-48(44)51)40-18-10-5-11-19-40)37-24-29-42(30-25-37)52(39-16-8-4-9-17-39)41-27-22-36(23-28-41)35-14-6-3-7-15-35/h3-34H,1-2H3. The van der Waals surface area contributed by atoms with E-state index < -0.39 is 0 Å². The van der Waals surface area contributed by atoms with Crippen molar-refractivity contribution >= 4 is 38.9 Å². The van der Waals surface area contributed by atoms with Gasteiger partial charge in [-0.2, -0.15) is 0 Å². The molecule has 0 unspecified atom stereocenters. The first-order valence-corrected chi connectivity index (χ1v) is 18.4. The summed E-state index contributed by atoms with van der Waals surface area (Å²) in [5.41, 5.74) is 17.2. The zero-order chi connectivity index (χ0) is 35.5. The smallest absolute Gasteiger partial charge is 0.0544 e. The maximum absolute atomic E-state index is 2.46. The molecule has 0 fully saturated rings. The molecule has 0 spiro atoms. The molecule has 1 aromatic heterocycles. The Labute approximate surface area is 310 Å². The largest absolute Gasteiger partial charge is 0.311 e. The van der Waals surface area contributed by atoms with Crippen LogP contribution in [0.25, 0.3) is 60.9 Å². The Morgan fingerprint density at radius 1 is 0.377 bits per heavy atom. The number of anilines is 3. The fourth-order valence-electron chi connectivity index (χ4n) is 8.51. The number of hydrogen-bond donors (Lipinski definition) is 0. The number of benzene rings is 8. The highest BCUT2D eigenvalue weighted by Crippen LogP contribution is 2.51. The zero-order valence-electron chi connectivity index (χ0n) is 29.9. The summed E-state index contributed by atoms with van der Waals surface area (Å²) in [7, 11) is 0. The molecule has 53 heavy (non-hydrogen) atoms. The molecule has 0 radical (unpaired) electrons. The van der Waals surface area contributed by atoms with Crippen LogP contribution in [-0.4, -0.2) is 4.57 Å². The van der Waals surface area contributed by atoms with E-state index in [1.165, 1.54) is 72.0 Å². The highest BCUT2D eigenvalue weighted by molar-refractivity contribution is 6.12. The number of aromatic nitrogens is 1. The minimum atomic E-state index is -0.0669. The van der Waals surface area contributed by atoms with Crippen molar-refractivity contribution in [1.82, 2.24) is 4.57 Å². The van der Waals surface area contributed by atoms with E-state index in [0.29, 0.717) is 0 Å². The quantitative estimate of drug-likeness (QED) is 0.170. The van der Waals surface area contributed by atoms with Gasteiger partial charge in [0.15, 0.2) is 0 Å². The van der Waals surface area contributed by atoms with Crippen LogP contribution in [-0.2, 0) is 5.41 Å². The number of hydrogen-bond acceptors (Lipinski definition) is 1. The molecule has 1 heterocycles. The lowest BCUT2D eigenvalue weighted by atomic mass is 9.82. The van der Waals surface area contributed by atoms with E-state index in [2.05, 4.69) is 217 Å². The van der Waals surface area contributed by atoms with Gasteiger partial charge in [-0.15, -0.1) is 0 Å². The molecule has 0 bridgehead atoms. The van der Waals surface area contributed by atoms with Gasteiger partial charge in [-0.25, -0.2) is 0 Å². The van der Waals surface area contributed by atoms with Crippen LogP contribution in [0.1, 0.15) is 25.0 Å². The Morgan fingerprint density at radius 2 is 0.887 bits per heavy atom. The Kier molecular flexibility index (Phi) is 7.19. The minimum absolute atomic E-state index is 0.0669. The van der Waals surface area contributed by atoms with E-state index in [9.17, 15) is 0 Å². The summed E-state index contributed by atoms with van der Waals surface area (Å²) in [6, 6.07) is 70.6. The molecule has 0 amide bonds. The molecule has 1 aliphatic carbocycles. The first-order valence-electron chi connectivity index (χ1n) is 18.4. The van der Waals surface area contributed by atoms with E-state index in [-0.39, 0.29) is 5.41 Å². The fraction of sp³-hybridized carbons (Fsp3) is 0.0588. The maximum Gasteiger partial charge on any atom is 0.0544 e. The van der Waals surface area contributed by atoms with Crippen LogP contribution in [0.2, 0.25) is 0 Å². The van der Waals surface area contributed by atoms with Crippen LogP contribution >= 0.6 is 0 Å². The summed E-state index contributed by atoms with van der Waals surface area (Å²) in [5.74, 6) is 0. The summed E-state index contributed by atoms with van der Waals surface area (Å²) in [6.45, 7) is 4.72. The first kappa shape index (κ1) is 31.1. The topological polar surface area (TPSA) is 8.17 Å². The van der Waals surface area contributed by atoms with Crippen LogP contribution in [0.5, 0.6) is 0 Å². The average Bonchev–Trinajstić information content (AvgIpc) is 3.66. The molecule has 1 aliphatic rings. The second kappa shape index (κ2) is 12.3. The lowest BCUT2D eigenvalue weighted by Crippen LogP contribution is -2.14. The van der Waals surface area contributed by atoms with Gasteiger partial charge in [0, 0.05) is 38.9 Å². The lowest BCUT2D eigenvalue weighted by Gasteiger charge is -2.26. The number of nitrogens with zero attached hydrogens (tertiary/aromatic N) is 2. The molecule has 9 aromatic rings. The van der Waals surface area contributed by atoms with Gasteiger partial charge in [0.1, 0.15) is 0 Å². The normalized spacial score (nSPS) is 12.9. The maximum atomic E-state index is 2.46. The monoisotopic (exact) mass is 678 g/mol. The highest BCUT2D eigenvalue weighted by Gasteiger charge is 2.36. The Morgan fingerprint density at radius 3 is 1.57 bits per heavy atom. The fourth-order valence-corrected chi connectivity index (χ4v) is 8.51. The second-order valence-electron chi connectivity index (χ2n) is 14.6. The summed E-state index contributed by atoms with van der Waals surface area (Å²) in [6.07, 6.45) is 0. The van der Waals surface area contributed by atoms with E-state index in [4.69, 9.17) is 0 Å². The van der Waals surface area contributed by atoms with Gasteiger partial charge >= 0.3 is 0 Å². The molecule has 0 N–H and O–H groups in total. The Hall–Kier alpha value is -6.64. The summed E-state index contributed by atoms with van der Waals surface area (Å²) in [5, 5.41) is 2.54. The van der Waals surface area contributed by atoms with E-state index in [0.717, 1.165) is 17.1 Å². The SMILES string of the molecule is CC1(C)c2ccccc2-c2cc3c4cc(-c5ccc(N(c6ccccc6)c6ccc(-c7ccccc7)cc6)cc5)ccc4n(-c4ccccc4)c3cc21. The Bertz CT molecular complexity index is 2760. The van der Waals surface area contributed by atoms with Crippen molar-refractivity contribution in [3.8, 4) is 39.1 Å². The highest BCUT2D eigenvalue weighted by atomic mass is 15.1. The van der Waals surface area contributed by atoms with Crippen molar-refractivity contribution in [2.75, 3.05) is 4.90 Å². The number of fused-ring (bicyclic) bond motifs is 6. The lowest BCUT2D eigenvalue weighted by molar-refractivity contribution is 0.661. The van der Waals surface area contributed by atoms with Crippen LogP contribution in [0.3, 0.4) is 0 Å². The van der Waals surface area contributed by atoms with Gasteiger partial charge in [0.2, 0.25) is 0 Å². The van der Waals surface area contributed by atoms with Crippen LogP contribution in [0, 0.1) is 0 Å². The molecule has 0 saturated heterocycles. The van der Waals surface area contributed by atoms with Gasteiger partial charge in [0.05, 0.1) is 11.0 Å². The average molecular weight is 679 g/mol. The van der Waals surface area contributed by atoms with Crippen LogP contribution in [0.15, 0.2) is 194 Å².